The van der Waals surface area contributed by atoms with Crippen molar-refractivity contribution < 1.29 is 54.0 Å². The number of phenols is 2. The van der Waals surface area contributed by atoms with Crippen molar-refractivity contribution in [1.29, 1.82) is 0 Å². The number of oxime groups is 1. The number of allylic oxidation sites excluding steroid dienone is 1. The number of fused-ring (bicyclic) bond motifs is 2. The molecule has 4 aliphatic rings. The number of thiazole rings is 1. The second kappa shape index (κ2) is 15.2. The summed E-state index contributed by atoms with van der Waals surface area (Å²) < 4.78 is 0. The first-order valence-electron chi connectivity index (χ1n) is 16.2. The first-order valence-corrected chi connectivity index (χ1v) is 19.1. The van der Waals surface area contributed by atoms with Gasteiger partial charge in [-0.1, -0.05) is 5.16 Å². The number of β-lactam (4-membered cyclic amide) rings is 1. The summed E-state index contributed by atoms with van der Waals surface area (Å²) in [6.07, 6.45) is 1.68. The highest BCUT2D eigenvalue weighted by Gasteiger charge is 2.58. The highest BCUT2D eigenvalue weighted by atomic mass is 32.2. The molecule has 1 aromatic carbocycles. The van der Waals surface area contributed by atoms with E-state index in [1.54, 1.807) is 13.0 Å². The molecule has 0 bridgehead atoms. The van der Waals surface area contributed by atoms with Crippen molar-refractivity contribution in [2.24, 2.45) is 15.6 Å². The fourth-order valence-corrected chi connectivity index (χ4v) is 8.87. The summed E-state index contributed by atoms with van der Waals surface area (Å²) in [4.78, 5) is 91.9. The standard InChI is InChI=1S/C31H33N11O11S3/c1-13-6-19(42-18(33-13)8-41(39-42)29(51)52)55-11-31(27(49)50)10-40-24(47)21(25(40)56-12-31)35-23(46)20(15-9-54-28(32)34-15)38-53-30(2,3)26(48)37-36-22(45)14-4-5-16(43)17(44)7-14/h4-9,21,25,39,43-44H,10-12H2,1-3H3,(H2,32,34)(H,35,46)(H,36,45)(H,37,48)(H,49,50)(H,51,52)/t21?,25-,31?/m1/s1. The number of nitrogens with one attached hydrogen (secondary N) is 4. The van der Waals surface area contributed by atoms with E-state index in [9.17, 15) is 49.2 Å². The average molecular weight is 832 g/mol. The number of hydrogen-bond acceptors (Lipinski definition) is 18. The molecule has 56 heavy (non-hydrogen) atoms. The molecule has 1 aromatic heterocycles. The smallest absolute Gasteiger partial charge is 0.427 e. The van der Waals surface area contributed by atoms with E-state index in [1.807, 2.05) is 0 Å². The quantitative estimate of drug-likeness (QED) is 0.0629. The minimum atomic E-state index is -1.81. The molecule has 5 heterocycles. The number of thioether (sulfide) groups is 2. The number of carbonyl (C=O) groups is 6. The van der Waals surface area contributed by atoms with Gasteiger partial charge in [-0.15, -0.1) is 40.4 Å². The Balaban J connectivity index is 1.09. The Labute approximate surface area is 328 Å². The summed E-state index contributed by atoms with van der Waals surface area (Å²) in [7, 11) is 0. The molecular weight excluding hydrogens is 799 g/mol. The first-order chi connectivity index (χ1) is 26.4. The maximum Gasteiger partial charge on any atom is 0.427 e. The summed E-state index contributed by atoms with van der Waals surface area (Å²) >= 11 is 3.30. The SMILES string of the molecule is CC1=NC2=CN(C(=O)O)NN2C(SCC2(C(=O)O)CS[C@@H]3C(NC(=O)C(=NOC(C)(C)C(=O)NNC(=O)c4ccc(O)c(O)c4)c4csc(N)n4)C(=O)N3C2)=C1. The van der Waals surface area contributed by atoms with Crippen LogP contribution in [0.2, 0.25) is 0 Å². The molecule has 0 radical (unpaired) electrons. The van der Waals surface area contributed by atoms with E-state index in [1.165, 1.54) is 41.4 Å². The number of aromatic nitrogens is 1. The van der Waals surface area contributed by atoms with Crippen molar-refractivity contribution >= 4 is 87.1 Å². The molecular formula is C31H33N11O11S3. The van der Waals surface area contributed by atoms with Gasteiger partial charge in [-0.05, 0) is 45.0 Å². The lowest BCUT2D eigenvalue weighted by atomic mass is 9.89. The van der Waals surface area contributed by atoms with Gasteiger partial charge in [0.1, 0.15) is 22.5 Å². The summed E-state index contributed by atoms with van der Waals surface area (Å²) in [5, 5.41) is 48.9. The summed E-state index contributed by atoms with van der Waals surface area (Å²) in [6, 6.07) is 2.19. The van der Waals surface area contributed by atoms with Crippen molar-refractivity contribution in [2.45, 2.75) is 37.8 Å². The van der Waals surface area contributed by atoms with Gasteiger partial charge >= 0.3 is 12.1 Å². The first kappa shape index (κ1) is 39.6. The van der Waals surface area contributed by atoms with Crippen LogP contribution in [0.4, 0.5) is 9.93 Å². The number of aromatic hydroxyl groups is 2. The molecule has 2 fully saturated rings. The number of carboxylic acid groups (broad SMARTS) is 2. The Hall–Kier alpha value is -6.05. The van der Waals surface area contributed by atoms with E-state index >= 15 is 0 Å². The third-order valence-corrected chi connectivity index (χ3v) is 12.1. The monoisotopic (exact) mass is 831 g/mol. The lowest BCUT2D eigenvalue weighted by molar-refractivity contribution is -0.157. The third kappa shape index (κ3) is 7.86. The van der Waals surface area contributed by atoms with Crippen molar-refractivity contribution in [3.05, 3.63) is 58.0 Å². The summed E-state index contributed by atoms with van der Waals surface area (Å²) in [6.45, 7) is 4.12. The summed E-state index contributed by atoms with van der Waals surface area (Å²) in [5.74, 6) is -4.97. The number of phenolic OH excluding ortho intramolecular Hbond substituents is 2. The molecule has 6 rings (SSSR count). The van der Waals surface area contributed by atoms with E-state index in [4.69, 9.17) is 10.6 Å². The van der Waals surface area contributed by atoms with Crippen molar-refractivity contribution in [3.63, 3.8) is 0 Å². The van der Waals surface area contributed by atoms with Gasteiger partial charge in [0, 0.05) is 34.7 Å². The lowest BCUT2D eigenvalue weighted by Crippen LogP contribution is -2.74. The minimum Gasteiger partial charge on any atom is -0.504 e. The fraction of sp³-hybridized carbons (Fsp3) is 0.323. The molecule has 296 valence electrons. The lowest BCUT2D eigenvalue weighted by Gasteiger charge is -2.53. The molecule has 2 saturated heterocycles. The van der Waals surface area contributed by atoms with Gasteiger partial charge < -0.3 is 41.2 Å². The third-order valence-electron chi connectivity index (χ3n) is 8.53. The Bertz CT molecular complexity index is 2160. The van der Waals surface area contributed by atoms with E-state index < -0.39 is 75.3 Å². The van der Waals surface area contributed by atoms with E-state index in [-0.39, 0.29) is 34.4 Å². The normalized spacial score (nSPS) is 21.8. The van der Waals surface area contributed by atoms with Gasteiger partial charge in [0.25, 0.3) is 17.7 Å². The van der Waals surface area contributed by atoms with E-state index in [0.717, 1.165) is 52.0 Å². The van der Waals surface area contributed by atoms with Gasteiger partial charge in [-0.25, -0.2) is 19.8 Å². The van der Waals surface area contributed by atoms with Crippen LogP contribution in [0.5, 0.6) is 11.5 Å². The van der Waals surface area contributed by atoms with E-state index in [2.05, 4.69) is 36.8 Å². The molecule has 3 atom stereocenters. The Kier molecular flexibility index (Phi) is 10.8. The highest BCUT2D eigenvalue weighted by molar-refractivity contribution is 8.03. The summed E-state index contributed by atoms with van der Waals surface area (Å²) in [5.41, 5.74) is 9.54. The number of nitrogens with zero attached hydrogens (tertiary/aromatic N) is 6. The number of hydrogen-bond donors (Lipinski definition) is 9. The van der Waals surface area contributed by atoms with E-state index in [0.29, 0.717) is 16.6 Å². The van der Waals surface area contributed by atoms with Gasteiger partial charge in [0.15, 0.2) is 28.2 Å². The molecule has 25 heteroatoms. The predicted molar refractivity (Wildman–Crippen MR) is 200 cm³/mol. The number of nitrogens with two attached hydrogens (primary N) is 1. The second-order valence-electron chi connectivity index (χ2n) is 13.0. The molecule has 4 aliphatic heterocycles. The number of aliphatic imine (C=N–C) groups is 1. The van der Waals surface area contributed by atoms with Crippen LogP contribution in [-0.2, 0) is 24.0 Å². The topological polar surface area (TPSA) is 314 Å². The van der Waals surface area contributed by atoms with Crippen molar-refractivity contribution in [3.8, 4) is 11.5 Å². The van der Waals surface area contributed by atoms with Crippen LogP contribution in [-0.4, -0.2) is 123 Å². The number of anilines is 1. The predicted octanol–water partition coefficient (Wildman–Crippen LogP) is 0.131. The second-order valence-corrected chi connectivity index (χ2v) is 16.0. The van der Waals surface area contributed by atoms with Gasteiger partial charge in [0.05, 0.1) is 11.2 Å². The fourth-order valence-electron chi connectivity index (χ4n) is 5.39. The zero-order chi connectivity index (χ0) is 40.7. The van der Waals surface area contributed by atoms with Crippen LogP contribution in [0.25, 0.3) is 0 Å². The van der Waals surface area contributed by atoms with Crippen LogP contribution < -0.4 is 27.4 Å². The number of hydrazine groups is 3. The highest BCUT2D eigenvalue weighted by Crippen LogP contribution is 2.45. The Morgan fingerprint density at radius 3 is 2.59 bits per heavy atom. The van der Waals surface area contributed by atoms with Gasteiger partial charge in [0.2, 0.25) is 11.5 Å². The van der Waals surface area contributed by atoms with Crippen LogP contribution in [0.3, 0.4) is 0 Å². The Morgan fingerprint density at radius 1 is 1.18 bits per heavy atom. The van der Waals surface area contributed by atoms with Crippen LogP contribution in [0.1, 0.15) is 36.8 Å². The molecule has 0 saturated carbocycles. The molecule has 0 aliphatic carbocycles. The van der Waals surface area contributed by atoms with Gasteiger partial charge in [-0.2, -0.15) is 5.01 Å². The zero-order valence-corrected chi connectivity index (χ0v) is 31.8. The number of nitrogen functional groups attached to an aromatic ring is 1. The number of amides is 5. The minimum absolute atomic E-state index is 0.00728. The maximum absolute atomic E-state index is 13.6. The molecule has 2 unspecified atom stereocenters. The van der Waals surface area contributed by atoms with Crippen LogP contribution >= 0.6 is 34.9 Å². The van der Waals surface area contributed by atoms with Gasteiger partial charge in [-0.3, -0.25) is 34.8 Å². The molecule has 0 spiro atoms. The maximum atomic E-state index is 13.6. The van der Waals surface area contributed by atoms with Crippen LogP contribution in [0, 0.1) is 5.41 Å². The molecule has 10 N–H and O–H groups in total. The average Bonchev–Trinajstić information content (AvgIpc) is 3.79. The van der Waals surface area contributed by atoms with Crippen molar-refractivity contribution in [1.82, 2.24) is 41.6 Å². The van der Waals surface area contributed by atoms with Crippen LogP contribution in [0.15, 0.2) is 56.9 Å². The Morgan fingerprint density at radius 2 is 1.93 bits per heavy atom. The number of benzene rings is 1. The molecule has 22 nitrogen and oxygen atoms in total. The molecule has 5 amide bonds. The van der Waals surface area contributed by atoms with Crippen molar-refractivity contribution in [2.75, 3.05) is 23.8 Å². The number of carboxylic acids is 1. The zero-order valence-electron chi connectivity index (χ0n) is 29.4. The number of rotatable bonds is 11. The molecule has 2 aromatic rings. The number of carbonyl (C=O) groups excluding carboxylic acids is 4. The number of aliphatic carboxylic acids is 1. The largest absolute Gasteiger partial charge is 0.504 e.